The van der Waals surface area contributed by atoms with Gasteiger partial charge in [0, 0.05) is 24.4 Å². The molecule has 0 saturated carbocycles. The minimum Gasteiger partial charge on any atom is -0.490 e. The van der Waals surface area contributed by atoms with Gasteiger partial charge in [-0.1, -0.05) is 39.5 Å². The second-order valence-corrected chi connectivity index (χ2v) is 5.67. The first-order valence-electron chi connectivity index (χ1n) is 7.61. The third-order valence-corrected chi connectivity index (χ3v) is 3.41. The highest BCUT2D eigenvalue weighted by Crippen LogP contribution is 2.29. The van der Waals surface area contributed by atoms with Gasteiger partial charge in [0.15, 0.2) is 5.75 Å². The number of unbranched alkanes of at least 4 members (excludes halogenated alkanes) is 3. The summed E-state index contributed by atoms with van der Waals surface area (Å²) in [6.07, 6.45) is 6.18. The molecule has 0 aliphatic rings. The van der Waals surface area contributed by atoms with Crippen molar-refractivity contribution >= 4 is 11.4 Å². The Labute approximate surface area is 126 Å². The average Bonchev–Trinajstić information content (AvgIpc) is 2.45. The molecule has 0 bridgehead atoms. The predicted octanol–water partition coefficient (Wildman–Crippen LogP) is 4.62. The van der Waals surface area contributed by atoms with Gasteiger partial charge in [0.05, 0.1) is 12.0 Å². The fourth-order valence-corrected chi connectivity index (χ4v) is 2.20. The zero-order valence-corrected chi connectivity index (χ0v) is 13.2. The minimum absolute atomic E-state index is 0.00302. The fourth-order valence-electron chi connectivity index (χ4n) is 2.20. The van der Waals surface area contributed by atoms with Gasteiger partial charge in [0.25, 0.3) is 0 Å². The summed E-state index contributed by atoms with van der Waals surface area (Å²) in [4.78, 5) is 10.4. The topological polar surface area (TPSA) is 64.4 Å². The van der Waals surface area contributed by atoms with Crippen LogP contribution in [0.25, 0.3) is 0 Å². The first kappa shape index (κ1) is 17.3. The van der Waals surface area contributed by atoms with Crippen LogP contribution in [0.1, 0.15) is 46.0 Å². The standard InChI is InChI=1S/C16H26N2O3/c1-13(2)8-6-4-5-7-11-17-14-9-10-15(18(19)20)16(12-14)21-3/h9-10,12-13,17H,4-8,11H2,1-3H3. The lowest BCUT2D eigenvalue weighted by Gasteiger charge is -2.09. The maximum absolute atomic E-state index is 10.8. The van der Waals surface area contributed by atoms with Gasteiger partial charge in [-0.3, -0.25) is 10.1 Å². The van der Waals surface area contributed by atoms with E-state index in [-0.39, 0.29) is 5.69 Å². The van der Waals surface area contributed by atoms with E-state index < -0.39 is 4.92 Å². The summed E-state index contributed by atoms with van der Waals surface area (Å²) in [7, 11) is 1.45. The van der Waals surface area contributed by atoms with Gasteiger partial charge in [-0.25, -0.2) is 0 Å². The Morgan fingerprint density at radius 2 is 1.95 bits per heavy atom. The third kappa shape index (κ3) is 6.47. The Kier molecular flexibility index (Phi) is 7.58. The number of benzene rings is 1. The molecule has 1 aromatic carbocycles. The molecule has 0 fully saturated rings. The number of hydrogen-bond acceptors (Lipinski definition) is 4. The Morgan fingerprint density at radius 1 is 1.24 bits per heavy atom. The van der Waals surface area contributed by atoms with Gasteiger partial charge < -0.3 is 10.1 Å². The minimum atomic E-state index is -0.433. The number of nitro groups is 1. The normalized spacial score (nSPS) is 10.7. The van der Waals surface area contributed by atoms with E-state index >= 15 is 0 Å². The molecule has 0 aliphatic carbocycles. The van der Waals surface area contributed by atoms with Gasteiger partial charge in [0.1, 0.15) is 0 Å². The fraction of sp³-hybridized carbons (Fsp3) is 0.625. The molecule has 0 radical (unpaired) electrons. The lowest BCUT2D eigenvalue weighted by Crippen LogP contribution is -2.02. The monoisotopic (exact) mass is 294 g/mol. The number of rotatable bonds is 10. The molecule has 0 unspecified atom stereocenters. The van der Waals surface area contributed by atoms with E-state index in [1.165, 1.54) is 38.9 Å². The Hall–Kier alpha value is -1.78. The van der Waals surface area contributed by atoms with E-state index in [9.17, 15) is 10.1 Å². The molecule has 0 spiro atoms. The largest absolute Gasteiger partial charge is 0.490 e. The molecule has 118 valence electrons. The van der Waals surface area contributed by atoms with Crippen LogP contribution in [-0.2, 0) is 0 Å². The number of methoxy groups -OCH3 is 1. The molecular weight excluding hydrogens is 268 g/mol. The smallest absolute Gasteiger partial charge is 0.311 e. The summed E-state index contributed by atoms with van der Waals surface area (Å²) >= 11 is 0. The van der Waals surface area contributed by atoms with Crippen LogP contribution >= 0.6 is 0 Å². The van der Waals surface area contributed by atoms with Crippen molar-refractivity contribution in [3.63, 3.8) is 0 Å². The predicted molar refractivity (Wildman–Crippen MR) is 86.1 cm³/mol. The molecule has 1 aromatic rings. The molecule has 21 heavy (non-hydrogen) atoms. The van der Waals surface area contributed by atoms with E-state index in [1.54, 1.807) is 12.1 Å². The Morgan fingerprint density at radius 3 is 2.57 bits per heavy atom. The van der Waals surface area contributed by atoms with Crippen LogP contribution in [0, 0.1) is 16.0 Å². The second kappa shape index (κ2) is 9.21. The zero-order chi connectivity index (χ0) is 15.7. The Balaban J connectivity index is 2.31. The quantitative estimate of drug-likeness (QED) is 0.388. The first-order chi connectivity index (χ1) is 10.0. The summed E-state index contributed by atoms with van der Waals surface area (Å²) in [5, 5.41) is 14.1. The highest BCUT2D eigenvalue weighted by molar-refractivity contribution is 5.57. The number of anilines is 1. The zero-order valence-electron chi connectivity index (χ0n) is 13.2. The van der Waals surface area contributed by atoms with Crippen LogP contribution < -0.4 is 10.1 Å². The van der Waals surface area contributed by atoms with Crippen molar-refractivity contribution < 1.29 is 9.66 Å². The van der Waals surface area contributed by atoms with Crippen LogP contribution in [0.5, 0.6) is 5.75 Å². The van der Waals surface area contributed by atoms with E-state index in [4.69, 9.17) is 4.74 Å². The third-order valence-electron chi connectivity index (χ3n) is 3.41. The van der Waals surface area contributed by atoms with E-state index in [1.807, 2.05) is 0 Å². The molecule has 5 nitrogen and oxygen atoms in total. The van der Waals surface area contributed by atoms with Crippen molar-refractivity contribution in [3.8, 4) is 5.75 Å². The molecule has 0 atom stereocenters. The summed E-state index contributed by atoms with van der Waals surface area (Å²) < 4.78 is 5.05. The average molecular weight is 294 g/mol. The summed E-state index contributed by atoms with van der Waals surface area (Å²) in [5.74, 6) is 1.08. The molecule has 0 saturated heterocycles. The Bertz CT molecular complexity index is 447. The summed E-state index contributed by atoms with van der Waals surface area (Å²) in [6.45, 7) is 5.38. The molecule has 0 heterocycles. The van der Waals surface area contributed by atoms with Gasteiger partial charge in [-0.05, 0) is 18.4 Å². The number of ether oxygens (including phenoxy) is 1. The van der Waals surface area contributed by atoms with E-state index in [2.05, 4.69) is 19.2 Å². The van der Waals surface area contributed by atoms with Crippen molar-refractivity contribution in [2.45, 2.75) is 46.0 Å². The van der Waals surface area contributed by atoms with Gasteiger partial charge in [-0.2, -0.15) is 0 Å². The lowest BCUT2D eigenvalue weighted by molar-refractivity contribution is -0.385. The van der Waals surface area contributed by atoms with E-state index in [0.29, 0.717) is 5.75 Å². The molecule has 1 rings (SSSR count). The molecule has 0 aliphatic heterocycles. The van der Waals surface area contributed by atoms with Crippen molar-refractivity contribution in [1.82, 2.24) is 0 Å². The highest BCUT2D eigenvalue weighted by atomic mass is 16.6. The SMILES string of the molecule is COc1cc(NCCCCCCC(C)C)ccc1[N+](=O)[O-]. The van der Waals surface area contributed by atoms with Crippen LogP contribution in [0.3, 0.4) is 0 Å². The molecule has 1 N–H and O–H groups in total. The van der Waals surface area contributed by atoms with Crippen molar-refractivity contribution in [3.05, 3.63) is 28.3 Å². The van der Waals surface area contributed by atoms with Gasteiger partial charge in [-0.15, -0.1) is 0 Å². The van der Waals surface area contributed by atoms with Crippen molar-refractivity contribution in [1.29, 1.82) is 0 Å². The second-order valence-electron chi connectivity index (χ2n) is 5.67. The molecule has 0 aromatic heterocycles. The molecule has 0 amide bonds. The molecule has 5 heteroatoms. The van der Waals surface area contributed by atoms with Crippen molar-refractivity contribution in [2.24, 2.45) is 5.92 Å². The summed E-state index contributed by atoms with van der Waals surface area (Å²) in [6, 6.07) is 4.88. The highest BCUT2D eigenvalue weighted by Gasteiger charge is 2.14. The van der Waals surface area contributed by atoms with Crippen molar-refractivity contribution in [2.75, 3.05) is 19.0 Å². The van der Waals surface area contributed by atoms with Gasteiger partial charge >= 0.3 is 5.69 Å². The van der Waals surface area contributed by atoms with E-state index in [0.717, 1.165) is 24.6 Å². The maximum Gasteiger partial charge on any atom is 0.311 e. The number of nitrogens with one attached hydrogen (secondary N) is 1. The molecular formula is C16H26N2O3. The number of nitrogens with zero attached hydrogens (tertiary/aromatic N) is 1. The summed E-state index contributed by atoms with van der Waals surface area (Å²) in [5.41, 5.74) is 0.858. The lowest BCUT2D eigenvalue weighted by atomic mass is 10.0. The van der Waals surface area contributed by atoms with Crippen LogP contribution in [0.15, 0.2) is 18.2 Å². The maximum atomic E-state index is 10.8. The van der Waals surface area contributed by atoms with Crippen LogP contribution in [0.4, 0.5) is 11.4 Å². The van der Waals surface area contributed by atoms with Crippen LogP contribution in [0.2, 0.25) is 0 Å². The van der Waals surface area contributed by atoms with Crippen LogP contribution in [-0.4, -0.2) is 18.6 Å². The number of nitro benzene ring substituents is 1. The first-order valence-corrected chi connectivity index (χ1v) is 7.61. The number of hydrogen-bond donors (Lipinski definition) is 1. The van der Waals surface area contributed by atoms with Gasteiger partial charge in [0.2, 0.25) is 0 Å².